The molecule has 0 aliphatic carbocycles. The van der Waals surface area contributed by atoms with Gasteiger partial charge in [0, 0.05) is 31.7 Å². The van der Waals surface area contributed by atoms with Gasteiger partial charge in [-0.1, -0.05) is 19.1 Å². The first-order valence-corrected chi connectivity index (χ1v) is 7.29. The summed E-state index contributed by atoms with van der Waals surface area (Å²) in [7, 11) is 6.00. The third-order valence-corrected chi connectivity index (χ3v) is 4.31. The molecular formula is C16H27N3O. The van der Waals surface area contributed by atoms with Crippen LogP contribution in [0.15, 0.2) is 24.3 Å². The quantitative estimate of drug-likeness (QED) is 0.887. The number of benzene rings is 1. The highest BCUT2D eigenvalue weighted by Crippen LogP contribution is 2.23. The van der Waals surface area contributed by atoms with E-state index < -0.39 is 0 Å². The van der Waals surface area contributed by atoms with E-state index in [2.05, 4.69) is 43.0 Å². The summed E-state index contributed by atoms with van der Waals surface area (Å²) in [6.07, 6.45) is 0. The normalized spacial score (nSPS) is 25.1. The Balaban J connectivity index is 1.93. The summed E-state index contributed by atoms with van der Waals surface area (Å²) in [5.74, 6) is 1.58. The van der Waals surface area contributed by atoms with Crippen LogP contribution in [0.1, 0.15) is 18.5 Å². The molecule has 1 aliphatic heterocycles. The Morgan fingerprint density at radius 1 is 1.30 bits per heavy atom. The van der Waals surface area contributed by atoms with E-state index in [9.17, 15) is 0 Å². The van der Waals surface area contributed by atoms with Crippen molar-refractivity contribution < 1.29 is 4.74 Å². The lowest BCUT2D eigenvalue weighted by Crippen LogP contribution is -2.36. The Bertz CT molecular complexity index is 418. The summed E-state index contributed by atoms with van der Waals surface area (Å²) in [5, 5.41) is 0. The lowest BCUT2D eigenvalue weighted by Gasteiger charge is -2.23. The fraction of sp³-hybridized carbons (Fsp3) is 0.625. The van der Waals surface area contributed by atoms with Crippen LogP contribution in [0, 0.1) is 5.92 Å². The highest BCUT2D eigenvalue weighted by atomic mass is 16.5. The molecule has 0 spiro atoms. The molecule has 2 N–H and O–H groups in total. The molecule has 0 saturated carbocycles. The van der Waals surface area contributed by atoms with Crippen molar-refractivity contribution in [3.05, 3.63) is 29.8 Å². The van der Waals surface area contributed by atoms with Crippen molar-refractivity contribution in [2.45, 2.75) is 19.0 Å². The summed E-state index contributed by atoms with van der Waals surface area (Å²) in [5.41, 5.74) is 7.51. The van der Waals surface area contributed by atoms with Gasteiger partial charge in [-0.2, -0.15) is 0 Å². The Morgan fingerprint density at radius 3 is 2.45 bits per heavy atom. The fourth-order valence-corrected chi connectivity index (χ4v) is 3.10. The third kappa shape index (κ3) is 3.51. The van der Waals surface area contributed by atoms with E-state index >= 15 is 0 Å². The van der Waals surface area contributed by atoms with Gasteiger partial charge in [0.1, 0.15) is 5.75 Å². The number of methoxy groups -OCH3 is 1. The smallest absolute Gasteiger partial charge is 0.118 e. The van der Waals surface area contributed by atoms with Gasteiger partial charge in [0.05, 0.1) is 7.11 Å². The molecular weight excluding hydrogens is 250 g/mol. The van der Waals surface area contributed by atoms with Crippen LogP contribution in [0.25, 0.3) is 0 Å². The molecule has 3 atom stereocenters. The molecule has 1 fully saturated rings. The molecule has 2 rings (SSSR count). The second-order valence-corrected chi connectivity index (χ2v) is 6.11. The van der Waals surface area contributed by atoms with Gasteiger partial charge >= 0.3 is 0 Å². The second kappa shape index (κ2) is 6.57. The first-order valence-electron chi connectivity index (χ1n) is 7.29. The minimum Gasteiger partial charge on any atom is -0.497 e. The van der Waals surface area contributed by atoms with Crippen molar-refractivity contribution in [3.8, 4) is 5.75 Å². The van der Waals surface area contributed by atoms with Gasteiger partial charge in [0.25, 0.3) is 0 Å². The van der Waals surface area contributed by atoms with Crippen LogP contribution in [-0.4, -0.2) is 56.7 Å². The monoisotopic (exact) mass is 277 g/mol. The van der Waals surface area contributed by atoms with Gasteiger partial charge < -0.3 is 15.4 Å². The molecule has 0 aromatic heterocycles. The van der Waals surface area contributed by atoms with E-state index in [0.717, 1.165) is 25.4 Å². The van der Waals surface area contributed by atoms with Crippen LogP contribution in [0.2, 0.25) is 0 Å². The van der Waals surface area contributed by atoms with Crippen LogP contribution >= 0.6 is 0 Å². The molecule has 3 unspecified atom stereocenters. The highest BCUT2D eigenvalue weighted by Gasteiger charge is 2.31. The zero-order chi connectivity index (χ0) is 14.7. The lowest BCUT2D eigenvalue weighted by molar-refractivity contribution is 0.248. The maximum atomic E-state index is 6.34. The maximum absolute atomic E-state index is 6.34. The standard InChI is InChI=1S/C16H27N3O/c1-12-9-19(11-16(12)18(2)3)10-15(17)13-5-7-14(20-4)8-6-13/h5-8,12,15-16H,9-11,17H2,1-4H3. The number of nitrogens with two attached hydrogens (primary N) is 1. The van der Waals surface area contributed by atoms with E-state index in [1.807, 2.05) is 12.1 Å². The number of nitrogens with zero attached hydrogens (tertiary/aromatic N) is 2. The average molecular weight is 277 g/mol. The Labute approximate surface area is 122 Å². The zero-order valence-electron chi connectivity index (χ0n) is 13.0. The molecule has 1 aromatic rings. The Kier molecular flexibility index (Phi) is 5.02. The number of rotatable bonds is 5. The van der Waals surface area contributed by atoms with Gasteiger partial charge in [-0.15, -0.1) is 0 Å². The summed E-state index contributed by atoms with van der Waals surface area (Å²) in [4.78, 5) is 4.80. The number of likely N-dealkylation sites (N-methyl/N-ethyl adjacent to an activating group) is 1. The third-order valence-electron chi connectivity index (χ3n) is 4.31. The molecule has 0 amide bonds. The molecule has 4 nitrogen and oxygen atoms in total. The van der Waals surface area contributed by atoms with Crippen molar-refractivity contribution >= 4 is 0 Å². The van der Waals surface area contributed by atoms with Crippen molar-refractivity contribution in [1.29, 1.82) is 0 Å². The minimum atomic E-state index is 0.0639. The predicted molar refractivity (Wildman–Crippen MR) is 83.0 cm³/mol. The van der Waals surface area contributed by atoms with E-state index in [1.54, 1.807) is 7.11 Å². The summed E-state index contributed by atoms with van der Waals surface area (Å²) >= 11 is 0. The fourth-order valence-electron chi connectivity index (χ4n) is 3.10. The SMILES string of the molecule is COc1ccc(C(N)CN2CC(C)C(N(C)C)C2)cc1. The zero-order valence-corrected chi connectivity index (χ0v) is 13.0. The summed E-state index contributed by atoms with van der Waals surface area (Å²) < 4.78 is 5.18. The molecule has 20 heavy (non-hydrogen) atoms. The lowest BCUT2D eigenvalue weighted by atomic mass is 10.1. The highest BCUT2D eigenvalue weighted by molar-refractivity contribution is 5.29. The molecule has 4 heteroatoms. The predicted octanol–water partition coefficient (Wildman–Crippen LogP) is 1.58. The molecule has 0 radical (unpaired) electrons. The number of hydrogen-bond acceptors (Lipinski definition) is 4. The average Bonchev–Trinajstić information content (AvgIpc) is 2.79. The summed E-state index contributed by atoms with van der Waals surface area (Å²) in [6, 6.07) is 8.78. The van der Waals surface area contributed by atoms with Crippen LogP contribution in [-0.2, 0) is 0 Å². The van der Waals surface area contributed by atoms with E-state index in [1.165, 1.54) is 5.56 Å². The second-order valence-electron chi connectivity index (χ2n) is 6.11. The van der Waals surface area contributed by atoms with Crippen LogP contribution in [0.3, 0.4) is 0 Å². The van der Waals surface area contributed by atoms with Gasteiger partial charge in [0.2, 0.25) is 0 Å². The largest absolute Gasteiger partial charge is 0.497 e. The van der Waals surface area contributed by atoms with E-state index in [-0.39, 0.29) is 6.04 Å². The van der Waals surface area contributed by atoms with Crippen molar-refractivity contribution in [1.82, 2.24) is 9.80 Å². The topological polar surface area (TPSA) is 41.7 Å². The summed E-state index contributed by atoms with van der Waals surface area (Å²) in [6.45, 7) is 5.48. The van der Waals surface area contributed by atoms with Gasteiger partial charge in [0.15, 0.2) is 0 Å². The first kappa shape index (κ1) is 15.3. The molecule has 112 valence electrons. The van der Waals surface area contributed by atoms with E-state index in [0.29, 0.717) is 12.0 Å². The molecule has 1 aromatic carbocycles. The molecule has 0 bridgehead atoms. The Morgan fingerprint density at radius 2 is 1.95 bits per heavy atom. The number of ether oxygens (including phenoxy) is 1. The first-order chi connectivity index (χ1) is 9.51. The van der Waals surface area contributed by atoms with Gasteiger partial charge in [-0.25, -0.2) is 0 Å². The molecule has 1 heterocycles. The number of hydrogen-bond donors (Lipinski definition) is 1. The van der Waals surface area contributed by atoms with Crippen LogP contribution in [0.5, 0.6) is 5.75 Å². The van der Waals surface area contributed by atoms with Crippen molar-refractivity contribution in [2.75, 3.05) is 40.8 Å². The maximum Gasteiger partial charge on any atom is 0.118 e. The van der Waals surface area contributed by atoms with Gasteiger partial charge in [-0.3, -0.25) is 4.90 Å². The minimum absolute atomic E-state index is 0.0639. The molecule has 1 saturated heterocycles. The van der Waals surface area contributed by atoms with Crippen LogP contribution < -0.4 is 10.5 Å². The Hall–Kier alpha value is -1.10. The van der Waals surface area contributed by atoms with Gasteiger partial charge in [-0.05, 0) is 37.7 Å². The number of likely N-dealkylation sites (tertiary alicyclic amines) is 1. The van der Waals surface area contributed by atoms with Crippen LogP contribution in [0.4, 0.5) is 0 Å². The van der Waals surface area contributed by atoms with Crippen molar-refractivity contribution in [2.24, 2.45) is 11.7 Å². The van der Waals surface area contributed by atoms with E-state index in [4.69, 9.17) is 10.5 Å². The van der Waals surface area contributed by atoms with Crippen molar-refractivity contribution in [3.63, 3.8) is 0 Å². The molecule has 1 aliphatic rings.